The van der Waals surface area contributed by atoms with Crippen LogP contribution in [0.1, 0.15) is 46.4 Å². The summed E-state index contributed by atoms with van der Waals surface area (Å²) in [5.41, 5.74) is 6.25. The normalized spacial score (nSPS) is 18.5. The summed E-state index contributed by atoms with van der Waals surface area (Å²) in [4.78, 5) is 15.5. The Morgan fingerprint density at radius 2 is 1.57 bits per heavy atom. The molecule has 0 bridgehead atoms. The maximum absolute atomic E-state index is 13.5. The van der Waals surface area contributed by atoms with Gasteiger partial charge in [0.15, 0.2) is 0 Å². The van der Waals surface area contributed by atoms with Crippen LogP contribution in [0.3, 0.4) is 0 Å². The molecule has 28 heavy (non-hydrogen) atoms. The highest BCUT2D eigenvalue weighted by atomic mass is 16.2. The molecule has 2 atom stereocenters. The van der Waals surface area contributed by atoms with Crippen molar-refractivity contribution in [2.45, 2.75) is 39.3 Å². The summed E-state index contributed by atoms with van der Waals surface area (Å²) in [6.45, 7) is 6.24. The number of hydrogen-bond donors (Lipinski definition) is 1. The molecule has 4 rings (SSSR count). The van der Waals surface area contributed by atoms with Gasteiger partial charge in [0.25, 0.3) is 5.91 Å². The number of benzene rings is 3. The number of nitrogens with zero attached hydrogens (tertiary/aromatic N) is 1. The lowest BCUT2D eigenvalue weighted by Crippen LogP contribution is -2.45. The summed E-state index contributed by atoms with van der Waals surface area (Å²) < 4.78 is 0. The minimum Gasteiger partial charge on any atom is -0.378 e. The van der Waals surface area contributed by atoms with Gasteiger partial charge < -0.3 is 10.2 Å². The maximum Gasteiger partial charge on any atom is 0.258 e. The highest BCUT2D eigenvalue weighted by molar-refractivity contribution is 6.08. The number of carbonyl (C=O) groups excluding carboxylic acids is 1. The third-order valence-electron chi connectivity index (χ3n) is 5.61. The number of amides is 1. The van der Waals surface area contributed by atoms with E-state index >= 15 is 0 Å². The van der Waals surface area contributed by atoms with Gasteiger partial charge in [0.2, 0.25) is 0 Å². The molecule has 3 aromatic carbocycles. The maximum atomic E-state index is 13.5. The molecule has 1 N–H and O–H groups in total. The molecule has 142 valence electrons. The lowest BCUT2D eigenvalue weighted by molar-refractivity contribution is 0.0973. The van der Waals surface area contributed by atoms with Crippen molar-refractivity contribution < 1.29 is 4.79 Å². The molecule has 3 heteroatoms. The Hall–Kier alpha value is -3.07. The highest BCUT2D eigenvalue weighted by Gasteiger charge is 2.35. The lowest BCUT2D eigenvalue weighted by Gasteiger charge is -2.41. The van der Waals surface area contributed by atoms with E-state index in [4.69, 9.17) is 0 Å². The van der Waals surface area contributed by atoms with Crippen molar-refractivity contribution in [2.75, 3.05) is 10.2 Å². The van der Waals surface area contributed by atoms with Crippen molar-refractivity contribution in [3.63, 3.8) is 0 Å². The van der Waals surface area contributed by atoms with Crippen LogP contribution >= 0.6 is 0 Å². The van der Waals surface area contributed by atoms with Crippen molar-refractivity contribution in [3.05, 3.63) is 95.1 Å². The van der Waals surface area contributed by atoms with Crippen LogP contribution in [-0.4, -0.2) is 11.9 Å². The van der Waals surface area contributed by atoms with E-state index < -0.39 is 0 Å². The third kappa shape index (κ3) is 3.29. The smallest absolute Gasteiger partial charge is 0.258 e. The average molecular weight is 370 g/mol. The number of fused-ring (bicyclic) bond motifs is 1. The molecule has 3 aromatic rings. The summed E-state index contributed by atoms with van der Waals surface area (Å²) in [5.74, 6) is 0.0827. The van der Waals surface area contributed by atoms with Gasteiger partial charge in [0.1, 0.15) is 0 Å². The van der Waals surface area contributed by atoms with Crippen LogP contribution in [0.15, 0.2) is 72.8 Å². The predicted molar refractivity (Wildman–Crippen MR) is 116 cm³/mol. The molecule has 1 aliphatic rings. The number of carbonyl (C=O) groups is 1. The Morgan fingerprint density at radius 3 is 2.32 bits per heavy atom. The summed E-state index contributed by atoms with van der Waals surface area (Å²) in [7, 11) is 0. The minimum absolute atomic E-state index is 0.0827. The molecule has 0 unspecified atom stereocenters. The van der Waals surface area contributed by atoms with E-state index in [1.165, 1.54) is 5.56 Å². The van der Waals surface area contributed by atoms with Crippen LogP contribution in [0, 0.1) is 13.8 Å². The predicted octanol–water partition coefficient (Wildman–Crippen LogP) is 5.90. The van der Waals surface area contributed by atoms with E-state index in [9.17, 15) is 4.79 Å². The molecule has 0 saturated carbocycles. The van der Waals surface area contributed by atoms with Crippen LogP contribution in [0.25, 0.3) is 0 Å². The first-order valence-electron chi connectivity index (χ1n) is 9.86. The minimum atomic E-state index is 0.0827. The van der Waals surface area contributed by atoms with Gasteiger partial charge in [0, 0.05) is 17.3 Å². The van der Waals surface area contributed by atoms with Crippen molar-refractivity contribution in [1.82, 2.24) is 0 Å². The summed E-state index contributed by atoms with van der Waals surface area (Å²) >= 11 is 0. The zero-order valence-corrected chi connectivity index (χ0v) is 16.6. The number of nitrogens with one attached hydrogen (secondary N) is 1. The number of hydrogen-bond acceptors (Lipinski definition) is 2. The Bertz CT molecular complexity index is 996. The Labute approximate surface area is 167 Å². The van der Waals surface area contributed by atoms with E-state index in [-0.39, 0.29) is 18.0 Å². The monoisotopic (exact) mass is 370 g/mol. The Morgan fingerprint density at radius 1 is 0.893 bits per heavy atom. The molecule has 0 fully saturated rings. The van der Waals surface area contributed by atoms with Crippen LogP contribution in [0.4, 0.5) is 11.4 Å². The molecule has 3 nitrogen and oxygen atoms in total. The zero-order valence-electron chi connectivity index (χ0n) is 16.6. The first kappa shape index (κ1) is 18.3. The first-order valence-corrected chi connectivity index (χ1v) is 9.86. The molecule has 1 amide bonds. The quantitative estimate of drug-likeness (QED) is 0.623. The van der Waals surface area contributed by atoms with Gasteiger partial charge in [0.05, 0.1) is 11.7 Å². The van der Waals surface area contributed by atoms with E-state index in [0.717, 1.165) is 34.5 Å². The number of para-hydroxylation sites is 2. The van der Waals surface area contributed by atoms with Crippen molar-refractivity contribution in [3.8, 4) is 0 Å². The van der Waals surface area contributed by atoms with E-state index in [0.29, 0.717) is 0 Å². The zero-order chi connectivity index (χ0) is 19.7. The van der Waals surface area contributed by atoms with Gasteiger partial charge in [-0.1, -0.05) is 54.6 Å². The molecular weight excluding hydrogens is 344 g/mol. The fourth-order valence-electron chi connectivity index (χ4n) is 4.20. The van der Waals surface area contributed by atoms with Crippen LogP contribution in [0.2, 0.25) is 0 Å². The van der Waals surface area contributed by atoms with Crippen molar-refractivity contribution >= 4 is 17.3 Å². The molecule has 0 aromatic heterocycles. The topological polar surface area (TPSA) is 32.3 Å². The standard InChI is InChI=1S/C25H26N2O/c1-17-10-7-8-14-21(17)25(28)27-19(3)16-23(26-20-12-5-4-6-13-20)22-15-9-11-18(2)24(22)27/h4-15,19,23,26H,16H2,1-3H3/t19-,23+/m1/s1. The molecule has 1 heterocycles. The molecule has 0 spiro atoms. The SMILES string of the molecule is Cc1ccccc1C(=O)N1c2c(C)cccc2[C@@H](Nc2ccccc2)C[C@H]1C. The number of aryl methyl sites for hydroxylation is 2. The van der Waals surface area contributed by atoms with E-state index in [2.05, 4.69) is 49.5 Å². The van der Waals surface area contributed by atoms with Crippen LogP contribution < -0.4 is 10.2 Å². The Balaban J connectivity index is 1.76. The first-order chi connectivity index (χ1) is 13.6. The van der Waals surface area contributed by atoms with Gasteiger partial charge in [-0.05, 0) is 62.1 Å². The van der Waals surface area contributed by atoms with Crippen molar-refractivity contribution in [2.24, 2.45) is 0 Å². The Kier molecular flexibility index (Phi) is 4.91. The summed E-state index contributed by atoms with van der Waals surface area (Å²) in [6.07, 6.45) is 0.864. The van der Waals surface area contributed by atoms with Gasteiger partial charge in [-0.15, -0.1) is 0 Å². The molecule has 1 aliphatic heterocycles. The summed E-state index contributed by atoms with van der Waals surface area (Å²) in [5, 5.41) is 3.67. The largest absolute Gasteiger partial charge is 0.378 e. The second-order valence-electron chi connectivity index (χ2n) is 7.65. The van der Waals surface area contributed by atoms with E-state index in [1.54, 1.807) is 0 Å². The molecule has 0 radical (unpaired) electrons. The van der Waals surface area contributed by atoms with Gasteiger partial charge in [-0.3, -0.25) is 4.79 Å². The second kappa shape index (κ2) is 7.51. The van der Waals surface area contributed by atoms with Gasteiger partial charge in [-0.25, -0.2) is 0 Å². The summed E-state index contributed by atoms with van der Waals surface area (Å²) in [6, 6.07) is 24.7. The number of rotatable bonds is 3. The lowest BCUT2D eigenvalue weighted by atomic mass is 9.88. The fourth-order valence-corrected chi connectivity index (χ4v) is 4.20. The number of anilines is 2. The van der Waals surface area contributed by atoms with Crippen LogP contribution in [-0.2, 0) is 0 Å². The van der Waals surface area contributed by atoms with Crippen LogP contribution in [0.5, 0.6) is 0 Å². The average Bonchev–Trinajstić information content (AvgIpc) is 2.69. The molecule has 0 saturated heterocycles. The molecular formula is C25H26N2O. The van der Waals surface area contributed by atoms with E-state index in [1.807, 2.05) is 54.3 Å². The second-order valence-corrected chi connectivity index (χ2v) is 7.65. The molecule has 0 aliphatic carbocycles. The van der Waals surface area contributed by atoms with Gasteiger partial charge in [-0.2, -0.15) is 0 Å². The van der Waals surface area contributed by atoms with Gasteiger partial charge >= 0.3 is 0 Å². The fraction of sp³-hybridized carbons (Fsp3) is 0.240. The third-order valence-corrected chi connectivity index (χ3v) is 5.61. The van der Waals surface area contributed by atoms with Crippen molar-refractivity contribution in [1.29, 1.82) is 0 Å². The highest BCUT2D eigenvalue weighted by Crippen LogP contribution is 2.41.